The van der Waals surface area contributed by atoms with Crippen LogP contribution in [0.5, 0.6) is 0 Å². The number of rotatable bonds is 5. The van der Waals surface area contributed by atoms with Gasteiger partial charge in [0.05, 0.1) is 5.69 Å². The Balaban J connectivity index is 2.62. The van der Waals surface area contributed by atoms with E-state index in [0.29, 0.717) is 12.3 Å². The van der Waals surface area contributed by atoms with Crippen LogP contribution in [-0.4, -0.2) is 35.8 Å². The van der Waals surface area contributed by atoms with Crippen LogP contribution in [0.2, 0.25) is 0 Å². The molecule has 9 nitrogen and oxygen atoms in total. The quantitative estimate of drug-likeness (QED) is 0.335. The third-order valence-electron chi connectivity index (χ3n) is 3.11. The van der Waals surface area contributed by atoms with Gasteiger partial charge in [-0.3, -0.25) is 4.79 Å². The molecule has 2 rings (SSSR count). The number of sulfone groups is 1. The van der Waals surface area contributed by atoms with Crippen LogP contribution >= 0.6 is 0 Å². The third-order valence-corrected chi connectivity index (χ3v) is 3.96. The molecule has 0 aliphatic carbocycles. The highest BCUT2D eigenvalue weighted by atomic mass is 32.2. The van der Waals surface area contributed by atoms with Gasteiger partial charge in [-0.2, -0.15) is 13.2 Å². The summed E-state index contributed by atoms with van der Waals surface area (Å²) in [5.74, 6) is 0. The fraction of sp³-hybridized carbons (Fsp3) is 0.308. The molecule has 0 aliphatic rings. The molecule has 0 N–H and O–H groups in total. The molecule has 0 aromatic carbocycles. The van der Waals surface area contributed by atoms with Crippen LogP contribution in [0.15, 0.2) is 39.5 Å². The molecule has 0 unspecified atom stereocenters. The average Bonchev–Trinajstić information content (AvgIpc) is 2.54. The highest BCUT2D eigenvalue weighted by Gasteiger charge is 2.34. The lowest BCUT2D eigenvalue weighted by atomic mass is 10.2. The molecule has 0 atom stereocenters. The van der Waals surface area contributed by atoms with Crippen LogP contribution < -0.4 is 5.56 Å². The van der Waals surface area contributed by atoms with E-state index in [9.17, 15) is 26.4 Å². The monoisotopic (exact) mass is 388 g/mol. The molecule has 0 radical (unpaired) electrons. The van der Waals surface area contributed by atoms with E-state index in [2.05, 4.69) is 20.0 Å². The van der Waals surface area contributed by atoms with Gasteiger partial charge in [0.25, 0.3) is 5.56 Å². The number of aromatic nitrogens is 3. The van der Waals surface area contributed by atoms with E-state index in [-0.39, 0.29) is 24.3 Å². The van der Waals surface area contributed by atoms with Crippen LogP contribution in [0.1, 0.15) is 5.69 Å². The molecule has 0 bridgehead atoms. The van der Waals surface area contributed by atoms with E-state index < -0.39 is 32.4 Å². The van der Waals surface area contributed by atoms with Crippen LogP contribution in [0, 0.1) is 0 Å². The molecule has 26 heavy (non-hydrogen) atoms. The first kappa shape index (κ1) is 19.4. The predicted octanol–water partition coefficient (Wildman–Crippen LogP) is 2.04. The molecule has 13 heteroatoms. The molecule has 138 valence electrons. The normalized spacial score (nSPS) is 11.8. The van der Waals surface area contributed by atoms with Crippen molar-refractivity contribution in [2.45, 2.75) is 17.9 Å². The van der Waals surface area contributed by atoms with Gasteiger partial charge in [0.15, 0.2) is 0 Å². The Bertz CT molecular complexity index is 1040. The average molecular weight is 388 g/mol. The molecule has 0 spiro atoms. The summed E-state index contributed by atoms with van der Waals surface area (Å²) in [6.07, 6.45) is -3.00. The first-order valence-electron chi connectivity index (χ1n) is 6.90. The summed E-state index contributed by atoms with van der Waals surface area (Å²) in [6.45, 7) is -0.0566. The van der Waals surface area contributed by atoms with Crippen LogP contribution in [0.3, 0.4) is 0 Å². The molecule has 2 aromatic heterocycles. The van der Waals surface area contributed by atoms with E-state index in [1.165, 1.54) is 12.3 Å². The maximum atomic E-state index is 13.0. The van der Waals surface area contributed by atoms with Gasteiger partial charge in [-0.25, -0.2) is 18.4 Å². The van der Waals surface area contributed by atoms with Gasteiger partial charge in [0.1, 0.15) is 5.69 Å². The van der Waals surface area contributed by atoms with Gasteiger partial charge in [0.2, 0.25) is 15.0 Å². The summed E-state index contributed by atoms with van der Waals surface area (Å²) >= 11 is 0. The van der Waals surface area contributed by atoms with Crippen LogP contribution in [0.4, 0.5) is 13.2 Å². The van der Waals surface area contributed by atoms with Crippen molar-refractivity contribution in [3.63, 3.8) is 0 Å². The van der Waals surface area contributed by atoms with Crippen molar-refractivity contribution in [3.05, 3.63) is 50.9 Å². The lowest BCUT2D eigenvalue weighted by Crippen LogP contribution is -2.20. The van der Waals surface area contributed by atoms with E-state index in [1.54, 1.807) is 0 Å². The van der Waals surface area contributed by atoms with Gasteiger partial charge < -0.3 is 4.57 Å². The molecule has 0 amide bonds. The number of hydrogen-bond donors (Lipinski definition) is 0. The smallest absolute Gasteiger partial charge is 0.315 e. The highest BCUT2D eigenvalue weighted by Crippen LogP contribution is 2.30. The summed E-state index contributed by atoms with van der Waals surface area (Å²) in [6, 6.07) is 2.88. The van der Waals surface area contributed by atoms with E-state index in [4.69, 9.17) is 5.53 Å². The van der Waals surface area contributed by atoms with Gasteiger partial charge in [-0.1, -0.05) is 5.11 Å². The summed E-state index contributed by atoms with van der Waals surface area (Å²) < 4.78 is 63.3. The lowest BCUT2D eigenvalue weighted by molar-refractivity contribution is -0.141. The fourth-order valence-corrected chi connectivity index (χ4v) is 2.47. The van der Waals surface area contributed by atoms with Crippen molar-refractivity contribution in [1.29, 1.82) is 0 Å². The van der Waals surface area contributed by atoms with Crippen molar-refractivity contribution in [3.8, 4) is 11.3 Å². The van der Waals surface area contributed by atoms with Gasteiger partial charge in [-0.15, -0.1) is 0 Å². The predicted molar refractivity (Wildman–Crippen MR) is 83.9 cm³/mol. The van der Waals surface area contributed by atoms with Gasteiger partial charge in [0, 0.05) is 42.1 Å². The van der Waals surface area contributed by atoms with Crippen molar-refractivity contribution in [2.24, 2.45) is 5.11 Å². The molecular formula is C13H11F3N6O3S. The van der Waals surface area contributed by atoms with Crippen LogP contribution in [-0.2, 0) is 22.6 Å². The molecule has 2 heterocycles. The van der Waals surface area contributed by atoms with Crippen molar-refractivity contribution in [2.75, 3.05) is 12.8 Å². The van der Waals surface area contributed by atoms with E-state index >= 15 is 0 Å². The standard InChI is InChI=1S/C13H11F3N6O3S/c1-26(24,25)12-19-9(6-10(20-12)13(14,15)16)8-2-3-11(23)22(7-8)5-4-18-21-17/h2-3,6-7H,4-5H2,1H3. The Hall–Kier alpha value is -2.92. The molecular weight excluding hydrogens is 377 g/mol. The number of azide groups is 1. The van der Waals surface area contributed by atoms with Crippen molar-refractivity contribution in [1.82, 2.24) is 14.5 Å². The second-order valence-corrected chi connectivity index (χ2v) is 7.00. The zero-order valence-corrected chi connectivity index (χ0v) is 14.0. The first-order valence-corrected chi connectivity index (χ1v) is 8.79. The zero-order valence-electron chi connectivity index (χ0n) is 13.2. The molecule has 2 aromatic rings. The summed E-state index contributed by atoms with van der Waals surface area (Å²) in [7, 11) is -4.10. The van der Waals surface area contributed by atoms with E-state index in [0.717, 1.165) is 10.6 Å². The molecule has 0 saturated heterocycles. The summed E-state index contributed by atoms with van der Waals surface area (Å²) in [5, 5.41) is 2.29. The maximum Gasteiger partial charge on any atom is 0.433 e. The number of alkyl halides is 3. The second kappa shape index (κ2) is 7.14. The van der Waals surface area contributed by atoms with Crippen molar-refractivity contribution >= 4 is 9.84 Å². The Morgan fingerprint density at radius 2 is 2.00 bits per heavy atom. The topological polar surface area (TPSA) is 131 Å². The second-order valence-electron chi connectivity index (χ2n) is 5.09. The van der Waals surface area contributed by atoms with Gasteiger partial charge in [-0.05, 0) is 17.7 Å². The van der Waals surface area contributed by atoms with E-state index in [1.807, 2.05) is 0 Å². The number of halogens is 3. The Morgan fingerprint density at radius 1 is 1.31 bits per heavy atom. The molecule has 0 fully saturated rings. The maximum absolute atomic E-state index is 13.0. The lowest BCUT2D eigenvalue weighted by Gasteiger charge is -2.11. The molecule has 0 aliphatic heterocycles. The zero-order chi connectivity index (χ0) is 19.5. The number of hydrogen-bond acceptors (Lipinski definition) is 6. The highest BCUT2D eigenvalue weighted by molar-refractivity contribution is 7.90. The Labute approximate surface area is 144 Å². The minimum atomic E-state index is -4.88. The minimum absolute atomic E-state index is 0.00707. The Morgan fingerprint density at radius 3 is 2.58 bits per heavy atom. The Kier molecular flexibility index (Phi) is 5.33. The number of pyridine rings is 1. The SMILES string of the molecule is CS(=O)(=O)c1nc(-c2ccc(=O)n(CCN=[N+]=[N-])c2)cc(C(F)(F)F)n1. The molecule has 0 saturated carbocycles. The minimum Gasteiger partial charge on any atom is -0.315 e. The van der Waals surface area contributed by atoms with Crippen LogP contribution in [0.25, 0.3) is 21.7 Å². The van der Waals surface area contributed by atoms with Gasteiger partial charge >= 0.3 is 6.18 Å². The number of nitrogens with zero attached hydrogens (tertiary/aromatic N) is 6. The summed E-state index contributed by atoms with van der Waals surface area (Å²) in [5.41, 5.74) is 6.11. The third kappa shape index (κ3) is 4.58. The fourth-order valence-electron chi connectivity index (χ4n) is 1.94. The van der Waals surface area contributed by atoms with Crippen molar-refractivity contribution < 1.29 is 21.6 Å². The largest absolute Gasteiger partial charge is 0.433 e. The first-order chi connectivity index (χ1) is 12.0. The summed E-state index contributed by atoms with van der Waals surface area (Å²) in [4.78, 5) is 21.0.